The summed E-state index contributed by atoms with van der Waals surface area (Å²) in [6.45, 7) is 12.0. The lowest BCUT2D eigenvalue weighted by atomic mass is 9.88. The van der Waals surface area contributed by atoms with Crippen LogP contribution in [0.25, 0.3) is 11.3 Å². The molecule has 0 bridgehead atoms. The molecule has 0 radical (unpaired) electrons. The zero-order valence-corrected chi connectivity index (χ0v) is 28.8. The number of pyridine rings is 1. The normalized spacial score (nSPS) is 13.8. The van der Waals surface area contributed by atoms with Gasteiger partial charge < -0.3 is 29.9 Å². The Balaban J connectivity index is 1.48. The largest absolute Gasteiger partial charge is 0.494 e. The number of nitro groups is 1. The number of methoxy groups -OCH3 is 1. The Hall–Kier alpha value is -5.31. The van der Waals surface area contributed by atoms with Crippen LogP contribution in [0.1, 0.15) is 46.0 Å². The molecule has 5 rings (SSSR count). The van der Waals surface area contributed by atoms with E-state index in [2.05, 4.69) is 29.2 Å². The molecule has 0 unspecified atom stereocenters. The highest BCUT2D eigenvalue weighted by Gasteiger charge is 2.39. The topological polar surface area (TPSA) is 168 Å². The van der Waals surface area contributed by atoms with Crippen LogP contribution in [0.3, 0.4) is 0 Å². The van der Waals surface area contributed by atoms with Crippen molar-refractivity contribution in [3.63, 3.8) is 0 Å². The van der Waals surface area contributed by atoms with Crippen LogP contribution in [0.5, 0.6) is 5.75 Å². The van der Waals surface area contributed by atoms with Gasteiger partial charge in [0.15, 0.2) is 0 Å². The number of fused-ring (bicyclic) bond motifs is 1. The van der Waals surface area contributed by atoms with Crippen molar-refractivity contribution in [3.05, 3.63) is 64.2 Å². The predicted molar refractivity (Wildman–Crippen MR) is 184 cm³/mol. The molecule has 0 fully saturated rings. The van der Waals surface area contributed by atoms with Crippen molar-refractivity contribution < 1.29 is 19.6 Å². The van der Waals surface area contributed by atoms with Gasteiger partial charge in [-0.05, 0) is 32.3 Å². The maximum atomic E-state index is 12.1. The minimum atomic E-state index is -1.16. The van der Waals surface area contributed by atoms with E-state index in [1.165, 1.54) is 19.4 Å². The molecular weight excluding hydrogens is 616 g/mol. The number of carboxylic acid groups (broad SMARTS) is 1. The van der Waals surface area contributed by atoms with Crippen LogP contribution in [-0.4, -0.2) is 93.6 Å². The van der Waals surface area contributed by atoms with E-state index in [4.69, 9.17) is 14.7 Å². The van der Waals surface area contributed by atoms with Gasteiger partial charge in [0.2, 0.25) is 5.95 Å². The van der Waals surface area contributed by atoms with Crippen molar-refractivity contribution in [2.24, 2.45) is 0 Å². The monoisotopic (exact) mass is 658 g/mol. The average Bonchev–Trinajstić information content (AvgIpc) is 3.59. The molecule has 0 amide bonds. The van der Waals surface area contributed by atoms with Crippen LogP contribution in [0.2, 0.25) is 0 Å². The minimum absolute atomic E-state index is 0.0728. The Morgan fingerprint density at radius 1 is 1.15 bits per heavy atom. The highest BCUT2D eigenvalue weighted by atomic mass is 16.6. The molecule has 1 aromatic carbocycles. The third kappa shape index (κ3) is 6.72. The van der Waals surface area contributed by atoms with Crippen LogP contribution in [-0.2, 0) is 10.8 Å². The molecule has 1 aliphatic rings. The average molecular weight is 659 g/mol. The van der Waals surface area contributed by atoms with Gasteiger partial charge in [0, 0.05) is 67.6 Å². The van der Waals surface area contributed by atoms with E-state index < -0.39 is 16.4 Å². The van der Waals surface area contributed by atoms with Gasteiger partial charge in [0.1, 0.15) is 17.3 Å². The fourth-order valence-electron chi connectivity index (χ4n) is 5.72. The zero-order valence-electron chi connectivity index (χ0n) is 28.8. The molecule has 0 saturated carbocycles. The van der Waals surface area contributed by atoms with Crippen LogP contribution in [0.15, 0.2) is 42.7 Å². The summed E-state index contributed by atoms with van der Waals surface area (Å²) in [5.41, 5.74) is 3.56. The Bertz CT molecular complexity index is 1860. The molecule has 0 spiro atoms. The predicted octanol–water partition coefficient (Wildman–Crippen LogP) is 5.65. The second kappa shape index (κ2) is 12.7. The number of hydrogen-bond donors (Lipinski definition) is 2. The van der Waals surface area contributed by atoms with Gasteiger partial charge in [0.05, 0.1) is 40.5 Å². The molecule has 3 aromatic heterocycles. The first-order chi connectivity index (χ1) is 22.5. The number of nitrogens with one attached hydrogen (secondary N) is 1. The Morgan fingerprint density at radius 3 is 2.50 bits per heavy atom. The van der Waals surface area contributed by atoms with Crippen molar-refractivity contribution >= 4 is 40.6 Å². The van der Waals surface area contributed by atoms with Crippen molar-refractivity contribution in [1.29, 1.82) is 0 Å². The molecule has 4 aromatic rings. The van der Waals surface area contributed by atoms with Gasteiger partial charge in [-0.25, -0.2) is 14.8 Å². The lowest BCUT2D eigenvalue weighted by Crippen LogP contribution is -2.29. The maximum Gasteiger partial charge on any atom is 0.432 e. The first kappa shape index (κ1) is 34.0. The number of likely N-dealkylation sites (N-methyl/N-ethyl adjacent to an activating group) is 2. The molecule has 15 heteroatoms. The molecule has 0 aliphatic carbocycles. The number of benzene rings is 1. The Kier molecular flexibility index (Phi) is 9.01. The van der Waals surface area contributed by atoms with Gasteiger partial charge in [0.25, 0.3) is 5.69 Å². The maximum absolute atomic E-state index is 12.1. The number of anilines is 5. The van der Waals surface area contributed by atoms with Crippen LogP contribution in [0, 0.1) is 10.1 Å². The molecule has 15 nitrogen and oxygen atoms in total. The fourth-order valence-corrected chi connectivity index (χ4v) is 5.72. The molecule has 2 N–H and O–H groups in total. The van der Waals surface area contributed by atoms with Crippen LogP contribution >= 0.6 is 0 Å². The summed E-state index contributed by atoms with van der Waals surface area (Å²) < 4.78 is 6.56. The summed E-state index contributed by atoms with van der Waals surface area (Å²) in [6.07, 6.45) is 1.97. The first-order valence-electron chi connectivity index (χ1n) is 15.5. The van der Waals surface area contributed by atoms with Crippen LogP contribution < -0.4 is 19.9 Å². The van der Waals surface area contributed by atoms with E-state index in [1.54, 1.807) is 18.3 Å². The third-order valence-electron chi connectivity index (χ3n) is 8.21. The van der Waals surface area contributed by atoms with E-state index in [-0.39, 0.29) is 17.1 Å². The number of nitrogens with zero attached hydrogens (tertiary/aromatic N) is 9. The van der Waals surface area contributed by atoms with Gasteiger partial charge in [-0.2, -0.15) is 14.8 Å². The molecule has 254 valence electrons. The smallest absolute Gasteiger partial charge is 0.432 e. The highest BCUT2D eigenvalue weighted by molar-refractivity contribution is 5.78. The van der Waals surface area contributed by atoms with Crippen molar-refractivity contribution in [3.8, 4) is 17.0 Å². The van der Waals surface area contributed by atoms with Crippen LogP contribution in [0.4, 0.5) is 39.3 Å². The third-order valence-corrected chi connectivity index (χ3v) is 8.21. The quantitative estimate of drug-likeness (QED) is 0.159. The van der Waals surface area contributed by atoms with Crippen molar-refractivity contribution in [2.45, 2.75) is 45.4 Å². The number of nitro benzene ring substituents is 1. The standard InChI is InChI=1S/C33H42N10O5/c1-32(2,3)28-20(18-42(38-28)31(44)45)21-10-11-23-29(35-21)33(4,5)19-41(23)27-12-13-34-30(37-27)36-22-16-25(43(46)47)24(17-26(22)48-9)40(8)15-14-39(6)7/h10-13,16-18H,14-15,19H2,1-9H3,(H,44,45)(H,34,36,37). The Morgan fingerprint density at radius 2 is 1.88 bits per heavy atom. The Labute approximate surface area is 279 Å². The van der Waals surface area contributed by atoms with Crippen molar-refractivity contribution in [2.75, 3.05) is 63.0 Å². The summed E-state index contributed by atoms with van der Waals surface area (Å²) in [6, 6.07) is 8.71. The summed E-state index contributed by atoms with van der Waals surface area (Å²) in [5, 5.41) is 29.2. The summed E-state index contributed by atoms with van der Waals surface area (Å²) >= 11 is 0. The van der Waals surface area contributed by atoms with E-state index >= 15 is 0 Å². The molecule has 48 heavy (non-hydrogen) atoms. The second-order valence-corrected chi connectivity index (χ2v) is 13.8. The molecule has 1 aliphatic heterocycles. The number of rotatable bonds is 10. The van der Waals surface area contributed by atoms with Gasteiger partial charge in [-0.1, -0.05) is 34.6 Å². The lowest BCUT2D eigenvalue weighted by molar-refractivity contribution is -0.384. The lowest BCUT2D eigenvalue weighted by Gasteiger charge is -2.23. The minimum Gasteiger partial charge on any atom is -0.494 e. The molecule has 0 atom stereocenters. The fraction of sp³-hybridized carbons (Fsp3) is 0.424. The second-order valence-electron chi connectivity index (χ2n) is 13.8. The molecular formula is C33H42N10O5. The summed E-state index contributed by atoms with van der Waals surface area (Å²) in [7, 11) is 7.21. The number of aromatic nitrogens is 5. The molecule has 4 heterocycles. The van der Waals surface area contributed by atoms with E-state index in [0.717, 1.165) is 22.6 Å². The van der Waals surface area contributed by atoms with E-state index in [9.17, 15) is 20.0 Å². The SMILES string of the molecule is COc1cc(N(C)CCN(C)C)c([N+](=O)[O-])cc1Nc1nccc(N2CC(C)(C)c3nc(-c4cn(C(=O)O)nc4C(C)(C)C)ccc32)n1. The van der Waals surface area contributed by atoms with Crippen molar-refractivity contribution in [1.82, 2.24) is 29.6 Å². The van der Waals surface area contributed by atoms with Gasteiger partial charge >= 0.3 is 6.09 Å². The number of hydrogen-bond acceptors (Lipinski definition) is 12. The zero-order chi connectivity index (χ0) is 35.1. The van der Waals surface area contributed by atoms with Gasteiger partial charge in [-0.15, -0.1) is 0 Å². The van der Waals surface area contributed by atoms with Gasteiger partial charge in [-0.3, -0.25) is 10.1 Å². The highest BCUT2D eigenvalue weighted by Crippen LogP contribution is 2.45. The summed E-state index contributed by atoms with van der Waals surface area (Å²) in [4.78, 5) is 43.5. The number of carbonyl (C=O) groups is 1. The summed E-state index contributed by atoms with van der Waals surface area (Å²) in [5.74, 6) is 1.25. The molecule has 0 saturated heterocycles. The first-order valence-corrected chi connectivity index (χ1v) is 15.5. The van der Waals surface area contributed by atoms with E-state index in [1.807, 2.05) is 68.7 Å². The number of ether oxygens (including phenoxy) is 1. The van der Waals surface area contributed by atoms with E-state index in [0.29, 0.717) is 53.0 Å².